The molecule has 2 heterocycles. The highest BCUT2D eigenvalue weighted by Crippen LogP contribution is 2.30. The van der Waals surface area contributed by atoms with Crippen molar-refractivity contribution in [2.24, 2.45) is 0 Å². The van der Waals surface area contributed by atoms with Gasteiger partial charge in [-0.2, -0.15) is 5.10 Å². The second kappa shape index (κ2) is 6.14. The molecule has 0 fully saturated rings. The van der Waals surface area contributed by atoms with Crippen LogP contribution in [0.15, 0.2) is 12.1 Å². The summed E-state index contributed by atoms with van der Waals surface area (Å²) in [4.78, 5) is 14.9. The second-order valence-corrected chi connectivity index (χ2v) is 6.80. The molecule has 0 spiro atoms. The smallest absolute Gasteiger partial charge is 0.178 e. The van der Waals surface area contributed by atoms with Crippen LogP contribution in [0, 0.1) is 0 Å². The van der Waals surface area contributed by atoms with Gasteiger partial charge in [0, 0.05) is 17.1 Å². The van der Waals surface area contributed by atoms with Crippen molar-refractivity contribution in [3.05, 3.63) is 38.8 Å². The number of aromatic nitrogens is 2. The maximum absolute atomic E-state index is 12.6. The van der Waals surface area contributed by atoms with E-state index in [1.54, 1.807) is 11.3 Å². The summed E-state index contributed by atoms with van der Waals surface area (Å²) in [6.07, 6.45) is 6.22. The minimum atomic E-state index is 0.242. The van der Waals surface area contributed by atoms with Crippen molar-refractivity contribution < 1.29 is 4.79 Å². The summed E-state index contributed by atoms with van der Waals surface area (Å²) in [5.74, 6) is 0.242. The maximum atomic E-state index is 12.6. The van der Waals surface area contributed by atoms with Gasteiger partial charge in [-0.15, -0.1) is 11.3 Å². The molecule has 0 saturated carbocycles. The van der Waals surface area contributed by atoms with Gasteiger partial charge < -0.3 is 0 Å². The molecule has 4 heteroatoms. The molecule has 0 bridgehead atoms. The lowest BCUT2D eigenvalue weighted by atomic mass is 9.99. The lowest BCUT2D eigenvalue weighted by molar-refractivity contribution is 0.0994. The van der Waals surface area contributed by atoms with Gasteiger partial charge in [0.25, 0.3) is 0 Å². The number of nitrogens with zero attached hydrogens (tertiary/aromatic N) is 2. The van der Waals surface area contributed by atoms with E-state index in [1.165, 1.54) is 23.3 Å². The Morgan fingerprint density at radius 2 is 2.10 bits per heavy atom. The summed E-state index contributed by atoms with van der Waals surface area (Å²) in [6, 6.07) is 4.21. The summed E-state index contributed by atoms with van der Waals surface area (Å²) in [5.41, 5.74) is 3.53. The highest BCUT2D eigenvalue weighted by molar-refractivity contribution is 7.14. The summed E-state index contributed by atoms with van der Waals surface area (Å²) >= 11 is 1.71. The van der Waals surface area contributed by atoms with E-state index < -0.39 is 0 Å². The first-order valence-corrected chi connectivity index (χ1v) is 8.73. The zero-order valence-corrected chi connectivity index (χ0v) is 13.6. The molecule has 1 aliphatic carbocycles. The number of aryl methyl sites for hydroxylation is 4. The van der Waals surface area contributed by atoms with Crippen LogP contribution in [0.1, 0.15) is 58.2 Å². The average molecular weight is 302 g/mol. The first-order chi connectivity index (χ1) is 10.2. The quantitative estimate of drug-likeness (QED) is 0.787. The number of carbonyl (C=O) groups excluding carboxylic acids is 1. The number of carbonyl (C=O) groups is 1. The molecule has 0 amide bonds. The van der Waals surface area contributed by atoms with Gasteiger partial charge in [-0.05, 0) is 56.7 Å². The standard InChI is InChI=1S/C17H22N2OS/c1-3-13-10-14(19(4-2)18-13)11-15(20)17-9-12-7-5-6-8-16(12)21-17/h9-10H,3-8,11H2,1-2H3. The molecule has 0 saturated heterocycles. The Bertz CT molecular complexity index is 630. The molecule has 3 rings (SSSR count). The normalized spacial score (nSPS) is 14.2. The number of hydrogen-bond acceptors (Lipinski definition) is 3. The maximum Gasteiger partial charge on any atom is 0.178 e. The lowest BCUT2D eigenvalue weighted by Crippen LogP contribution is -2.08. The molecular formula is C17H22N2OS. The number of thiophene rings is 1. The van der Waals surface area contributed by atoms with Crippen LogP contribution in [0.3, 0.4) is 0 Å². The van der Waals surface area contributed by atoms with Crippen LogP contribution in [-0.2, 0) is 32.2 Å². The van der Waals surface area contributed by atoms with Crippen molar-refractivity contribution in [3.8, 4) is 0 Å². The third-order valence-electron chi connectivity index (χ3n) is 4.19. The van der Waals surface area contributed by atoms with Crippen LogP contribution in [-0.4, -0.2) is 15.6 Å². The molecule has 0 aromatic carbocycles. The molecule has 0 N–H and O–H groups in total. The number of ketones is 1. The molecule has 2 aromatic heterocycles. The Morgan fingerprint density at radius 3 is 2.81 bits per heavy atom. The molecule has 0 radical (unpaired) electrons. The Hall–Kier alpha value is -1.42. The fourth-order valence-electron chi connectivity index (χ4n) is 2.98. The van der Waals surface area contributed by atoms with Gasteiger partial charge in [-0.3, -0.25) is 9.48 Å². The monoisotopic (exact) mass is 302 g/mol. The summed E-state index contributed by atoms with van der Waals surface area (Å²) < 4.78 is 1.96. The van der Waals surface area contributed by atoms with Crippen molar-refractivity contribution in [2.45, 2.75) is 58.9 Å². The third kappa shape index (κ3) is 2.95. The molecule has 1 aliphatic rings. The summed E-state index contributed by atoms with van der Waals surface area (Å²) in [5, 5.41) is 4.53. The largest absolute Gasteiger partial charge is 0.293 e. The molecular weight excluding hydrogens is 280 g/mol. The molecule has 3 nitrogen and oxygen atoms in total. The molecule has 0 atom stereocenters. The van der Waals surface area contributed by atoms with E-state index in [1.807, 2.05) is 4.68 Å². The van der Waals surface area contributed by atoms with E-state index in [4.69, 9.17) is 0 Å². The van der Waals surface area contributed by atoms with Crippen molar-refractivity contribution in [1.29, 1.82) is 0 Å². The Labute approximate surface area is 130 Å². The number of fused-ring (bicyclic) bond motifs is 1. The SMILES string of the molecule is CCc1cc(CC(=O)c2cc3c(s2)CCCC3)n(CC)n1. The zero-order chi connectivity index (χ0) is 14.8. The third-order valence-corrected chi connectivity index (χ3v) is 5.47. The predicted molar refractivity (Wildman–Crippen MR) is 86.3 cm³/mol. The van der Waals surface area contributed by atoms with E-state index in [0.717, 1.165) is 42.1 Å². The van der Waals surface area contributed by atoms with Crippen molar-refractivity contribution in [1.82, 2.24) is 9.78 Å². The summed E-state index contributed by atoms with van der Waals surface area (Å²) in [7, 11) is 0. The predicted octanol–water partition coefficient (Wildman–Crippen LogP) is 3.83. The Kier molecular flexibility index (Phi) is 4.24. The van der Waals surface area contributed by atoms with E-state index in [2.05, 4.69) is 31.1 Å². The highest BCUT2D eigenvalue weighted by Gasteiger charge is 2.19. The number of Topliss-reactive ketones (excluding diaryl/α,β-unsaturated/α-hetero) is 1. The Balaban J connectivity index is 1.79. The van der Waals surface area contributed by atoms with Gasteiger partial charge in [-0.1, -0.05) is 6.92 Å². The van der Waals surface area contributed by atoms with E-state index in [9.17, 15) is 4.79 Å². The molecule has 0 aliphatic heterocycles. The number of rotatable bonds is 5. The van der Waals surface area contributed by atoms with Crippen molar-refractivity contribution >= 4 is 17.1 Å². The van der Waals surface area contributed by atoms with Gasteiger partial charge in [-0.25, -0.2) is 0 Å². The van der Waals surface area contributed by atoms with Gasteiger partial charge >= 0.3 is 0 Å². The van der Waals surface area contributed by atoms with Gasteiger partial charge in [0.15, 0.2) is 5.78 Å². The zero-order valence-electron chi connectivity index (χ0n) is 12.8. The van der Waals surface area contributed by atoms with Crippen LogP contribution >= 0.6 is 11.3 Å². The van der Waals surface area contributed by atoms with Crippen LogP contribution in [0.5, 0.6) is 0 Å². The highest BCUT2D eigenvalue weighted by atomic mass is 32.1. The fourth-order valence-corrected chi connectivity index (χ4v) is 4.17. The minimum absolute atomic E-state index is 0.242. The van der Waals surface area contributed by atoms with E-state index in [-0.39, 0.29) is 5.78 Å². The minimum Gasteiger partial charge on any atom is -0.293 e. The first kappa shape index (κ1) is 14.5. The fraction of sp³-hybridized carbons (Fsp3) is 0.529. The lowest BCUT2D eigenvalue weighted by Gasteiger charge is -2.08. The molecule has 21 heavy (non-hydrogen) atoms. The van der Waals surface area contributed by atoms with E-state index in [0.29, 0.717) is 6.42 Å². The van der Waals surface area contributed by atoms with Crippen LogP contribution in [0.2, 0.25) is 0 Å². The second-order valence-electron chi connectivity index (χ2n) is 5.66. The van der Waals surface area contributed by atoms with Crippen molar-refractivity contribution in [2.75, 3.05) is 0 Å². The topological polar surface area (TPSA) is 34.9 Å². The molecule has 0 unspecified atom stereocenters. The van der Waals surface area contributed by atoms with Gasteiger partial charge in [0.05, 0.1) is 17.0 Å². The average Bonchev–Trinajstić information content (AvgIpc) is 3.10. The Morgan fingerprint density at radius 1 is 1.29 bits per heavy atom. The summed E-state index contributed by atoms with van der Waals surface area (Å²) in [6.45, 7) is 5.00. The van der Waals surface area contributed by atoms with Crippen LogP contribution < -0.4 is 0 Å². The van der Waals surface area contributed by atoms with E-state index >= 15 is 0 Å². The molecule has 2 aromatic rings. The molecule has 112 valence electrons. The van der Waals surface area contributed by atoms with Gasteiger partial charge in [0.1, 0.15) is 0 Å². The van der Waals surface area contributed by atoms with Crippen molar-refractivity contribution in [3.63, 3.8) is 0 Å². The van der Waals surface area contributed by atoms with Crippen LogP contribution in [0.25, 0.3) is 0 Å². The van der Waals surface area contributed by atoms with Gasteiger partial charge in [0.2, 0.25) is 0 Å². The number of hydrogen-bond donors (Lipinski definition) is 0. The first-order valence-electron chi connectivity index (χ1n) is 7.91. The van der Waals surface area contributed by atoms with Crippen LogP contribution in [0.4, 0.5) is 0 Å².